The summed E-state index contributed by atoms with van der Waals surface area (Å²) in [6.45, 7) is 0.324. The molecule has 0 radical (unpaired) electrons. The van der Waals surface area contributed by atoms with Crippen LogP contribution < -0.4 is 10.6 Å². The molecule has 0 bridgehead atoms. The number of hydrogen-bond acceptors (Lipinski definition) is 5. The summed E-state index contributed by atoms with van der Waals surface area (Å²) in [7, 11) is -3.45. The standard InChI is InChI=1S/C18H22N2O5S/c21-17(19-10-11-20-18(22)16-9-4-12-25-16)14-26(23,24)13-5-8-15-6-2-1-3-7-15/h1-4,6-7,9,12H,5,8,10-11,13-14H2,(H,19,21)(H,20,22). The molecule has 2 rings (SSSR count). The highest BCUT2D eigenvalue weighted by Crippen LogP contribution is 2.04. The van der Waals surface area contributed by atoms with Crippen LogP contribution in [-0.4, -0.2) is 44.8 Å². The van der Waals surface area contributed by atoms with Crippen LogP contribution >= 0.6 is 0 Å². The third-order valence-electron chi connectivity index (χ3n) is 3.59. The number of carbonyl (C=O) groups excluding carboxylic acids is 2. The summed E-state index contributed by atoms with van der Waals surface area (Å²) in [5.41, 5.74) is 1.07. The van der Waals surface area contributed by atoms with Crippen LogP contribution in [0.5, 0.6) is 0 Å². The lowest BCUT2D eigenvalue weighted by atomic mass is 10.1. The van der Waals surface area contributed by atoms with Gasteiger partial charge in [0.25, 0.3) is 5.91 Å². The zero-order valence-electron chi connectivity index (χ0n) is 14.3. The van der Waals surface area contributed by atoms with E-state index in [9.17, 15) is 18.0 Å². The first-order valence-electron chi connectivity index (χ1n) is 8.29. The highest BCUT2D eigenvalue weighted by molar-refractivity contribution is 7.92. The van der Waals surface area contributed by atoms with Crippen LogP contribution in [0, 0.1) is 0 Å². The van der Waals surface area contributed by atoms with E-state index in [-0.39, 0.29) is 24.6 Å². The van der Waals surface area contributed by atoms with Crippen molar-refractivity contribution in [2.45, 2.75) is 12.8 Å². The number of carbonyl (C=O) groups is 2. The molecule has 1 aromatic heterocycles. The van der Waals surface area contributed by atoms with Crippen molar-refractivity contribution in [1.29, 1.82) is 0 Å². The van der Waals surface area contributed by atoms with Gasteiger partial charge in [-0.15, -0.1) is 0 Å². The molecule has 2 N–H and O–H groups in total. The molecule has 0 aliphatic rings. The van der Waals surface area contributed by atoms with E-state index in [1.807, 2.05) is 30.3 Å². The first kappa shape index (κ1) is 19.7. The van der Waals surface area contributed by atoms with Crippen LogP contribution in [0.2, 0.25) is 0 Å². The van der Waals surface area contributed by atoms with Crippen LogP contribution in [0.25, 0.3) is 0 Å². The van der Waals surface area contributed by atoms with E-state index in [0.29, 0.717) is 12.8 Å². The van der Waals surface area contributed by atoms with Crippen molar-refractivity contribution in [1.82, 2.24) is 10.6 Å². The minimum atomic E-state index is -3.45. The van der Waals surface area contributed by atoms with E-state index in [1.165, 1.54) is 12.3 Å². The SMILES string of the molecule is O=C(CS(=O)(=O)CCCc1ccccc1)NCCNC(=O)c1ccco1. The van der Waals surface area contributed by atoms with Gasteiger partial charge >= 0.3 is 0 Å². The maximum atomic E-state index is 12.0. The van der Waals surface area contributed by atoms with Gasteiger partial charge in [0.05, 0.1) is 12.0 Å². The van der Waals surface area contributed by atoms with Crippen molar-refractivity contribution in [2.75, 3.05) is 24.6 Å². The summed E-state index contributed by atoms with van der Waals surface area (Å²) in [6, 6.07) is 12.7. The molecule has 1 aromatic carbocycles. The summed E-state index contributed by atoms with van der Waals surface area (Å²) in [4.78, 5) is 23.3. The van der Waals surface area contributed by atoms with Gasteiger partial charge in [0, 0.05) is 13.1 Å². The van der Waals surface area contributed by atoms with E-state index in [2.05, 4.69) is 10.6 Å². The van der Waals surface area contributed by atoms with Gasteiger partial charge in [0.15, 0.2) is 15.6 Å². The molecule has 140 valence electrons. The third-order valence-corrected chi connectivity index (χ3v) is 5.21. The molecule has 1 heterocycles. The Kier molecular flexibility index (Phi) is 7.40. The number of sulfone groups is 1. The first-order chi connectivity index (χ1) is 12.5. The summed E-state index contributed by atoms with van der Waals surface area (Å²) >= 11 is 0. The van der Waals surface area contributed by atoms with Crippen molar-refractivity contribution in [2.24, 2.45) is 0 Å². The fourth-order valence-electron chi connectivity index (χ4n) is 2.34. The van der Waals surface area contributed by atoms with Crippen molar-refractivity contribution in [3.63, 3.8) is 0 Å². The molecule has 0 unspecified atom stereocenters. The average molecular weight is 378 g/mol. The lowest BCUT2D eigenvalue weighted by Gasteiger charge is -2.07. The predicted octanol–water partition coefficient (Wildman–Crippen LogP) is 1.17. The third kappa shape index (κ3) is 7.10. The summed E-state index contributed by atoms with van der Waals surface area (Å²) in [6.07, 6.45) is 2.51. The van der Waals surface area contributed by atoms with Gasteiger partial charge in [-0.25, -0.2) is 8.42 Å². The fraction of sp³-hybridized carbons (Fsp3) is 0.333. The van der Waals surface area contributed by atoms with Crippen LogP contribution in [0.4, 0.5) is 0 Å². The molecule has 0 aliphatic heterocycles. The van der Waals surface area contributed by atoms with Gasteiger partial charge in [0.2, 0.25) is 5.91 Å². The van der Waals surface area contributed by atoms with Crippen LogP contribution in [0.15, 0.2) is 53.1 Å². The number of aryl methyl sites for hydroxylation is 1. The second-order valence-corrected chi connectivity index (χ2v) is 7.95. The minimum Gasteiger partial charge on any atom is -0.459 e. The highest BCUT2D eigenvalue weighted by Gasteiger charge is 2.16. The van der Waals surface area contributed by atoms with E-state index >= 15 is 0 Å². The lowest BCUT2D eigenvalue weighted by molar-refractivity contribution is -0.118. The number of furan rings is 1. The quantitative estimate of drug-likeness (QED) is 0.604. The van der Waals surface area contributed by atoms with Crippen molar-refractivity contribution in [3.05, 3.63) is 60.1 Å². The average Bonchev–Trinajstić information content (AvgIpc) is 3.13. The van der Waals surface area contributed by atoms with Crippen LogP contribution in [0.1, 0.15) is 22.5 Å². The molecule has 0 saturated heterocycles. The molecule has 0 atom stereocenters. The van der Waals surface area contributed by atoms with E-state index < -0.39 is 27.4 Å². The summed E-state index contributed by atoms with van der Waals surface area (Å²) in [5, 5.41) is 5.04. The Labute approximate surface area is 152 Å². The Balaban J connectivity index is 1.62. The van der Waals surface area contributed by atoms with Gasteiger partial charge in [-0.3, -0.25) is 9.59 Å². The fourth-order valence-corrected chi connectivity index (χ4v) is 3.57. The maximum absolute atomic E-state index is 12.0. The molecule has 0 spiro atoms. The zero-order chi connectivity index (χ0) is 18.8. The Morgan fingerprint density at radius 2 is 1.69 bits per heavy atom. The number of hydrogen-bond donors (Lipinski definition) is 2. The molecular formula is C18H22N2O5S. The van der Waals surface area contributed by atoms with E-state index in [0.717, 1.165) is 5.56 Å². The molecule has 0 aliphatic carbocycles. The Morgan fingerprint density at radius 1 is 0.962 bits per heavy atom. The Hall–Kier alpha value is -2.61. The van der Waals surface area contributed by atoms with Crippen LogP contribution in [-0.2, 0) is 21.1 Å². The monoisotopic (exact) mass is 378 g/mol. The second-order valence-electron chi connectivity index (χ2n) is 5.76. The second kappa shape index (κ2) is 9.76. The first-order valence-corrected chi connectivity index (χ1v) is 10.1. The van der Waals surface area contributed by atoms with Gasteiger partial charge in [-0.2, -0.15) is 0 Å². The Bertz CT molecular complexity index is 801. The van der Waals surface area contributed by atoms with Crippen molar-refractivity contribution < 1.29 is 22.4 Å². The molecule has 0 saturated carbocycles. The number of nitrogens with one attached hydrogen (secondary N) is 2. The number of rotatable bonds is 10. The molecule has 7 nitrogen and oxygen atoms in total. The van der Waals surface area contributed by atoms with Crippen molar-refractivity contribution >= 4 is 21.7 Å². The summed E-state index contributed by atoms with van der Waals surface area (Å²) in [5.74, 6) is -1.37. The molecule has 26 heavy (non-hydrogen) atoms. The lowest BCUT2D eigenvalue weighted by Crippen LogP contribution is -2.37. The molecule has 2 amide bonds. The largest absolute Gasteiger partial charge is 0.459 e. The maximum Gasteiger partial charge on any atom is 0.287 e. The summed E-state index contributed by atoms with van der Waals surface area (Å²) < 4.78 is 28.9. The molecule has 0 fully saturated rings. The smallest absolute Gasteiger partial charge is 0.287 e. The predicted molar refractivity (Wildman–Crippen MR) is 97.5 cm³/mol. The molecule has 8 heteroatoms. The van der Waals surface area contributed by atoms with E-state index in [1.54, 1.807) is 6.07 Å². The minimum absolute atomic E-state index is 0.0372. The number of amides is 2. The topological polar surface area (TPSA) is 105 Å². The number of benzene rings is 1. The molecule has 2 aromatic rings. The molecular weight excluding hydrogens is 356 g/mol. The van der Waals surface area contributed by atoms with Gasteiger partial charge in [0.1, 0.15) is 5.75 Å². The van der Waals surface area contributed by atoms with Gasteiger partial charge in [-0.1, -0.05) is 30.3 Å². The highest BCUT2D eigenvalue weighted by atomic mass is 32.2. The van der Waals surface area contributed by atoms with Crippen LogP contribution in [0.3, 0.4) is 0 Å². The van der Waals surface area contributed by atoms with E-state index in [4.69, 9.17) is 4.42 Å². The van der Waals surface area contributed by atoms with Gasteiger partial charge in [-0.05, 0) is 30.5 Å². The Morgan fingerprint density at radius 3 is 2.38 bits per heavy atom. The van der Waals surface area contributed by atoms with Gasteiger partial charge < -0.3 is 15.1 Å². The normalized spacial score (nSPS) is 11.1. The zero-order valence-corrected chi connectivity index (χ0v) is 15.1. The van der Waals surface area contributed by atoms with Crippen molar-refractivity contribution in [3.8, 4) is 0 Å².